The number of aromatic hydroxyl groups is 1. The van der Waals surface area contributed by atoms with Gasteiger partial charge in [0.15, 0.2) is 0 Å². The number of benzene rings is 2. The van der Waals surface area contributed by atoms with E-state index in [1.807, 2.05) is 30.5 Å². The lowest BCUT2D eigenvalue weighted by Crippen LogP contribution is -1.97. The lowest BCUT2D eigenvalue weighted by molar-refractivity contribution is 0.304. The number of unbranched alkanes of at least 4 members (excludes halogenated alkanes) is 9. The fraction of sp³-hybridized carbons (Fsp3) is 0.480. The summed E-state index contributed by atoms with van der Waals surface area (Å²) in [7, 11) is 0. The predicted octanol–water partition coefficient (Wildman–Crippen LogP) is 7.44. The molecule has 0 radical (unpaired) electrons. The molecule has 1 N–H and O–H groups in total. The molecule has 0 aliphatic heterocycles. The van der Waals surface area contributed by atoms with E-state index in [0.29, 0.717) is 0 Å². The van der Waals surface area contributed by atoms with Crippen molar-refractivity contribution < 1.29 is 9.84 Å². The molecule has 152 valence electrons. The molecule has 0 bridgehead atoms. The molecule has 2 rings (SSSR count). The SMILES string of the molecule is CCCCCCCCCCCCOc1ccc(/C=N/c2ccc(O)cc2)cc1. The van der Waals surface area contributed by atoms with Crippen molar-refractivity contribution in [1.82, 2.24) is 0 Å². The quantitative estimate of drug-likeness (QED) is 0.273. The van der Waals surface area contributed by atoms with E-state index in [1.165, 1.54) is 57.8 Å². The molecule has 0 saturated carbocycles. The van der Waals surface area contributed by atoms with Crippen molar-refractivity contribution >= 4 is 11.9 Å². The van der Waals surface area contributed by atoms with Gasteiger partial charge in [0.2, 0.25) is 0 Å². The maximum Gasteiger partial charge on any atom is 0.119 e. The topological polar surface area (TPSA) is 41.8 Å². The minimum Gasteiger partial charge on any atom is -0.508 e. The largest absolute Gasteiger partial charge is 0.508 e. The molecule has 0 atom stereocenters. The number of hydrogen-bond donors (Lipinski definition) is 1. The Morgan fingerprint density at radius 2 is 1.32 bits per heavy atom. The highest BCUT2D eigenvalue weighted by molar-refractivity contribution is 5.82. The van der Waals surface area contributed by atoms with Crippen LogP contribution < -0.4 is 4.74 Å². The summed E-state index contributed by atoms with van der Waals surface area (Å²) in [5, 5.41) is 9.29. The third-order valence-electron chi connectivity index (χ3n) is 4.86. The number of nitrogens with zero attached hydrogens (tertiary/aromatic N) is 1. The molecule has 3 heteroatoms. The molecule has 0 saturated heterocycles. The minimum absolute atomic E-state index is 0.253. The van der Waals surface area contributed by atoms with Crippen LogP contribution in [-0.4, -0.2) is 17.9 Å². The predicted molar refractivity (Wildman–Crippen MR) is 119 cm³/mol. The van der Waals surface area contributed by atoms with Crippen LogP contribution in [-0.2, 0) is 0 Å². The van der Waals surface area contributed by atoms with Gasteiger partial charge in [0.05, 0.1) is 12.3 Å². The highest BCUT2D eigenvalue weighted by atomic mass is 16.5. The molecule has 0 aliphatic carbocycles. The minimum atomic E-state index is 0.253. The standard InChI is InChI=1S/C25H35NO2/c1-2-3-4-5-6-7-8-9-10-11-20-28-25-18-12-22(13-19-25)21-26-23-14-16-24(27)17-15-23/h12-19,21,27H,2-11,20H2,1H3/b26-21+. The van der Waals surface area contributed by atoms with Crippen molar-refractivity contribution in [3.05, 3.63) is 54.1 Å². The van der Waals surface area contributed by atoms with Crippen molar-refractivity contribution in [3.63, 3.8) is 0 Å². The van der Waals surface area contributed by atoms with E-state index in [-0.39, 0.29) is 5.75 Å². The number of aliphatic imine (C=N–C) groups is 1. The summed E-state index contributed by atoms with van der Waals surface area (Å²) < 4.78 is 5.84. The van der Waals surface area contributed by atoms with Gasteiger partial charge in [0.25, 0.3) is 0 Å². The van der Waals surface area contributed by atoms with Crippen LogP contribution in [0, 0.1) is 0 Å². The summed E-state index contributed by atoms with van der Waals surface area (Å²) in [6.45, 7) is 3.06. The van der Waals surface area contributed by atoms with Crippen LogP contribution in [0.2, 0.25) is 0 Å². The van der Waals surface area contributed by atoms with Crippen LogP contribution in [0.3, 0.4) is 0 Å². The smallest absolute Gasteiger partial charge is 0.119 e. The highest BCUT2D eigenvalue weighted by Gasteiger charge is 1.96. The molecule has 0 aliphatic rings. The van der Waals surface area contributed by atoms with Gasteiger partial charge >= 0.3 is 0 Å². The first kappa shape index (κ1) is 22.0. The van der Waals surface area contributed by atoms with E-state index in [0.717, 1.165) is 30.0 Å². The highest BCUT2D eigenvalue weighted by Crippen LogP contribution is 2.17. The van der Waals surface area contributed by atoms with Gasteiger partial charge in [0.1, 0.15) is 11.5 Å². The fourth-order valence-corrected chi connectivity index (χ4v) is 3.12. The van der Waals surface area contributed by atoms with Crippen molar-refractivity contribution in [1.29, 1.82) is 0 Å². The summed E-state index contributed by atoms with van der Waals surface area (Å²) in [4.78, 5) is 4.40. The van der Waals surface area contributed by atoms with Crippen LogP contribution in [0.25, 0.3) is 0 Å². The maximum atomic E-state index is 9.29. The number of phenols is 1. The fourth-order valence-electron chi connectivity index (χ4n) is 3.12. The van der Waals surface area contributed by atoms with Gasteiger partial charge in [0, 0.05) is 6.21 Å². The van der Waals surface area contributed by atoms with Crippen LogP contribution in [0.15, 0.2) is 53.5 Å². The van der Waals surface area contributed by atoms with Crippen LogP contribution in [0.4, 0.5) is 5.69 Å². The summed E-state index contributed by atoms with van der Waals surface area (Å²) in [5.74, 6) is 1.17. The molecular weight excluding hydrogens is 346 g/mol. The van der Waals surface area contributed by atoms with Gasteiger partial charge < -0.3 is 9.84 Å². The van der Waals surface area contributed by atoms with Crippen molar-refractivity contribution in [2.24, 2.45) is 4.99 Å². The first-order valence-electron chi connectivity index (χ1n) is 10.8. The van der Waals surface area contributed by atoms with E-state index in [1.54, 1.807) is 24.3 Å². The summed E-state index contributed by atoms with van der Waals surface area (Å²) in [6, 6.07) is 14.9. The van der Waals surface area contributed by atoms with Gasteiger partial charge in [-0.15, -0.1) is 0 Å². The van der Waals surface area contributed by atoms with E-state index >= 15 is 0 Å². The van der Waals surface area contributed by atoms with Crippen LogP contribution >= 0.6 is 0 Å². The molecule has 2 aromatic rings. The molecule has 0 fully saturated rings. The van der Waals surface area contributed by atoms with Gasteiger partial charge in [-0.2, -0.15) is 0 Å². The third-order valence-corrected chi connectivity index (χ3v) is 4.86. The van der Waals surface area contributed by atoms with Crippen molar-refractivity contribution in [2.75, 3.05) is 6.61 Å². The number of rotatable bonds is 14. The lowest BCUT2D eigenvalue weighted by atomic mass is 10.1. The number of phenolic OH excluding ortho intramolecular Hbond substituents is 1. The van der Waals surface area contributed by atoms with Gasteiger partial charge in [-0.05, 0) is 60.5 Å². The van der Waals surface area contributed by atoms with E-state index < -0.39 is 0 Å². The normalized spacial score (nSPS) is 11.2. The Morgan fingerprint density at radius 1 is 0.750 bits per heavy atom. The maximum absolute atomic E-state index is 9.29. The average Bonchev–Trinajstić information content (AvgIpc) is 2.72. The second kappa shape index (κ2) is 13.8. The lowest BCUT2D eigenvalue weighted by Gasteiger charge is -2.06. The number of hydrogen-bond acceptors (Lipinski definition) is 3. The molecule has 0 spiro atoms. The van der Waals surface area contributed by atoms with E-state index in [4.69, 9.17) is 4.74 Å². The molecule has 0 amide bonds. The molecule has 0 heterocycles. The molecule has 28 heavy (non-hydrogen) atoms. The van der Waals surface area contributed by atoms with Gasteiger partial charge in [-0.3, -0.25) is 4.99 Å². The van der Waals surface area contributed by atoms with Gasteiger partial charge in [-0.1, -0.05) is 64.7 Å². The van der Waals surface area contributed by atoms with Crippen molar-refractivity contribution in [3.8, 4) is 11.5 Å². The van der Waals surface area contributed by atoms with Crippen LogP contribution in [0.1, 0.15) is 76.7 Å². The molecule has 0 aromatic heterocycles. The molecule has 2 aromatic carbocycles. The zero-order valence-corrected chi connectivity index (χ0v) is 17.3. The molecule has 0 unspecified atom stereocenters. The Balaban J connectivity index is 1.54. The monoisotopic (exact) mass is 381 g/mol. The average molecular weight is 382 g/mol. The van der Waals surface area contributed by atoms with E-state index in [2.05, 4.69) is 11.9 Å². The zero-order chi connectivity index (χ0) is 19.9. The number of ether oxygens (including phenoxy) is 1. The summed E-state index contributed by atoms with van der Waals surface area (Å²) >= 11 is 0. The van der Waals surface area contributed by atoms with E-state index in [9.17, 15) is 5.11 Å². The Morgan fingerprint density at radius 3 is 1.93 bits per heavy atom. The zero-order valence-electron chi connectivity index (χ0n) is 17.3. The Bertz CT molecular complexity index is 662. The summed E-state index contributed by atoms with van der Waals surface area (Å²) in [6.07, 6.45) is 15.2. The second-order valence-electron chi connectivity index (χ2n) is 7.37. The summed E-state index contributed by atoms with van der Waals surface area (Å²) in [5.41, 5.74) is 1.85. The second-order valence-corrected chi connectivity index (χ2v) is 7.37. The Labute approximate surface area is 170 Å². The Hall–Kier alpha value is -2.29. The van der Waals surface area contributed by atoms with Gasteiger partial charge in [-0.25, -0.2) is 0 Å². The molecule has 3 nitrogen and oxygen atoms in total. The van der Waals surface area contributed by atoms with Crippen molar-refractivity contribution in [2.45, 2.75) is 71.1 Å². The van der Waals surface area contributed by atoms with Crippen LogP contribution in [0.5, 0.6) is 11.5 Å². The molecular formula is C25H35NO2. The third kappa shape index (κ3) is 9.59. The Kier molecular flexibility index (Phi) is 10.9. The first-order valence-corrected chi connectivity index (χ1v) is 10.8. The first-order chi connectivity index (χ1) is 13.8.